The summed E-state index contributed by atoms with van der Waals surface area (Å²) in [4.78, 5) is 16.1. The number of hydrogen-bond acceptors (Lipinski definition) is 7. The van der Waals surface area contributed by atoms with E-state index in [1.54, 1.807) is 13.3 Å². The number of carbonyl (C=O) groups is 1. The Morgan fingerprint density at radius 2 is 1.82 bits per heavy atom. The third-order valence-corrected chi connectivity index (χ3v) is 4.89. The second kappa shape index (κ2) is 12.2. The number of aryl methyl sites for hydroxylation is 2. The Morgan fingerprint density at radius 1 is 1.12 bits per heavy atom. The molecule has 180 valence electrons. The molecule has 0 amide bonds. The van der Waals surface area contributed by atoms with Crippen LogP contribution < -0.4 is 0 Å². The Hall–Kier alpha value is -3.13. The lowest BCUT2D eigenvalue weighted by Crippen LogP contribution is -2.14. The molecule has 0 saturated carbocycles. The lowest BCUT2D eigenvalue weighted by molar-refractivity contribution is -0.0130. The van der Waals surface area contributed by atoms with E-state index < -0.39 is 6.16 Å². The van der Waals surface area contributed by atoms with Crippen LogP contribution in [0.5, 0.6) is 0 Å². The van der Waals surface area contributed by atoms with Gasteiger partial charge in [-0.2, -0.15) is 5.10 Å². The molecular weight excluding hydrogens is 422 g/mol. The van der Waals surface area contributed by atoms with Gasteiger partial charge >= 0.3 is 6.16 Å². The number of rotatable bonds is 10. The van der Waals surface area contributed by atoms with E-state index >= 15 is 0 Å². The molecule has 1 heterocycles. The molecule has 0 N–H and O–H groups in total. The Labute approximate surface area is 196 Å². The fraction of sp³-hybridized carbons (Fsp3) is 0.480. The second-order valence-electron chi connectivity index (χ2n) is 8.44. The molecule has 0 aliphatic carbocycles. The molecule has 0 unspecified atom stereocenters. The fourth-order valence-corrected chi connectivity index (χ4v) is 3.19. The van der Waals surface area contributed by atoms with E-state index in [2.05, 4.69) is 43.0 Å². The summed E-state index contributed by atoms with van der Waals surface area (Å²) in [6, 6.07) is 10.2. The van der Waals surface area contributed by atoms with E-state index in [0.29, 0.717) is 12.3 Å². The molecule has 2 aromatic rings. The number of benzene rings is 1. The van der Waals surface area contributed by atoms with E-state index in [4.69, 9.17) is 18.9 Å². The van der Waals surface area contributed by atoms with Crippen molar-refractivity contribution in [2.75, 3.05) is 34.2 Å². The van der Waals surface area contributed by atoms with E-state index in [9.17, 15) is 4.79 Å². The van der Waals surface area contributed by atoms with Crippen molar-refractivity contribution in [2.45, 2.75) is 46.6 Å². The highest BCUT2D eigenvalue weighted by Gasteiger charge is 2.19. The van der Waals surface area contributed by atoms with Gasteiger partial charge in [0.1, 0.15) is 12.3 Å². The van der Waals surface area contributed by atoms with Crippen LogP contribution >= 0.6 is 0 Å². The van der Waals surface area contributed by atoms with Crippen molar-refractivity contribution < 1.29 is 23.7 Å². The Balaban J connectivity index is 2.44. The average molecular weight is 458 g/mol. The van der Waals surface area contributed by atoms with Gasteiger partial charge < -0.3 is 18.9 Å². The second-order valence-corrected chi connectivity index (χ2v) is 8.44. The SMILES string of the molecule is CCn1nc(C)cc1/C(OCOC(=O)OCCOC)=C(\C=N/C)c1ccc(C(C)(C)C)cc1. The molecule has 0 saturated heterocycles. The van der Waals surface area contributed by atoms with Crippen LogP contribution in [0.3, 0.4) is 0 Å². The van der Waals surface area contributed by atoms with Crippen LogP contribution in [0.4, 0.5) is 4.79 Å². The number of aliphatic imine (C=N–C) groups is 1. The maximum absolute atomic E-state index is 11.8. The molecule has 0 atom stereocenters. The van der Waals surface area contributed by atoms with Gasteiger partial charge in [0.05, 0.1) is 12.3 Å². The minimum Gasteiger partial charge on any atom is -0.454 e. The van der Waals surface area contributed by atoms with Crippen LogP contribution in [0.2, 0.25) is 0 Å². The molecule has 2 rings (SSSR count). The highest BCUT2D eigenvalue weighted by atomic mass is 16.8. The number of hydrogen-bond donors (Lipinski definition) is 0. The van der Waals surface area contributed by atoms with Crippen molar-refractivity contribution in [2.24, 2.45) is 4.99 Å². The molecule has 1 aromatic carbocycles. The molecule has 0 spiro atoms. The van der Waals surface area contributed by atoms with Crippen LogP contribution in [-0.4, -0.2) is 56.3 Å². The first-order valence-corrected chi connectivity index (χ1v) is 10.9. The maximum Gasteiger partial charge on any atom is 0.511 e. The van der Waals surface area contributed by atoms with E-state index in [1.165, 1.54) is 12.7 Å². The standard InChI is InChI=1S/C25H35N3O5/c1-8-28-22(15-18(2)27-28)23(32-17-33-24(29)31-14-13-30-7)21(16-26-6)19-9-11-20(12-10-19)25(3,4)5/h9-12,15-16H,8,13-14,17H2,1-7H3/b23-21-,26-16-. The Morgan fingerprint density at radius 3 is 2.39 bits per heavy atom. The summed E-state index contributed by atoms with van der Waals surface area (Å²) in [5, 5.41) is 4.54. The third kappa shape index (κ3) is 7.46. The average Bonchev–Trinajstić information content (AvgIpc) is 3.15. The summed E-state index contributed by atoms with van der Waals surface area (Å²) in [5.74, 6) is 0.510. The molecule has 0 bridgehead atoms. The predicted octanol–water partition coefficient (Wildman–Crippen LogP) is 4.85. The van der Waals surface area contributed by atoms with Gasteiger partial charge in [-0.3, -0.25) is 9.67 Å². The molecular formula is C25H35N3O5. The van der Waals surface area contributed by atoms with Gasteiger partial charge in [-0.05, 0) is 36.5 Å². The van der Waals surface area contributed by atoms with E-state index in [0.717, 1.165) is 22.5 Å². The Kier molecular flexibility index (Phi) is 9.66. The summed E-state index contributed by atoms with van der Waals surface area (Å²) in [7, 11) is 3.23. The zero-order valence-electron chi connectivity index (χ0n) is 20.7. The van der Waals surface area contributed by atoms with E-state index in [-0.39, 0.29) is 25.4 Å². The quantitative estimate of drug-likeness (QED) is 0.167. The minimum absolute atomic E-state index is 0.0372. The summed E-state index contributed by atoms with van der Waals surface area (Å²) in [5.41, 5.74) is 4.55. The van der Waals surface area contributed by atoms with Crippen molar-refractivity contribution >= 4 is 23.7 Å². The highest BCUT2D eigenvalue weighted by Crippen LogP contribution is 2.29. The van der Waals surface area contributed by atoms with Gasteiger partial charge in [0.25, 0.3) is 0 Å². The fourth-order valence-electron chi connectivity index (χ4n) is 3.19. The first-order chi connectivity index (χ1) is 15.7. The zero-order chi connectivity index (χ0) is 24.4. The van der Waals surface area contributed by atoms with Crippen LogP contribution in [0.15, 0.2) is 35.3 Å². The number of nitrogens with zero attached hydrogens (tertiary/aromatic N) is 3. The van der Waals surface area contributed by atoms with Crippen LogP contribution in [0, 0.1) is 6.92 Å². The van der Waals surface area contributed by atoms with Crippen molar-refractivity contribution in [1.82, 2.24) is 9.78 Å². The van der Waals surface area contributed by atoms with Crippen molar-refractivity contribution in [1.29, 1.82) is 0 Å². The van der Waals surface area contributed by atoms with Crippen molar-refractivity contribution in [3.8, 4) is 0 Å². The number of ether oxygens (including phenoxy) is 4. The van der Waals surface area contributed by atoms with Gasteiger partial charge in [0.2, 0.25) is 6.79 Å². The first kappa shape index (κ1) is 26.1. The topological polar surface area (TPSA) is 84.2 Å². The maximum atomic E-state index is 11.8. The van der Waals surface area contributed by atoms with Gasteiger partial charge in [0, 0.05) is 32.5 Å². The smallest absolute Gasteiger partial charge is 0.454 e. The number of carbonyl (C=O) groups excluding carboxylic acids is 1. The highest BCUT2D eigenvalue weighted by molar-refractivity contribution is 6.18. The monoisotopic (exact) mass is 457 g/mol. The minimum atomic E-state index is -0.827. The largest absolute Gasteiger partial charge is 0.511 e. The van der Waals surface area contributed by atoms with Gasteiger partial charge in [-0.15, -0.1) is 0 Å². The van der Waals surface area contributed by atoms with E-state index in [1.807, 2.05) is 36.7 Å². The van der Waals surface area contributed by atoms with Gasteiger partial charge in [-0.1, -0.05) is 45.0 Å². The summed E-state index contributed by atoms with van der Waals surface area (Å²) < 4.78 is 22.7. The molecule has 0 fully saturated rings. The molecule has 8 nitrogen and oxygen atoms in total. The molecule has 8 heteroatoms. The molecule has 0 radical (unpaired) electrons. The predicted molar refractivity (Wildman–Crippen MR) is 129 cm³/mol. The molecule has 33 heavy (non-hydrogen) atoms. The van der Waals surface area contributed by atoms with Crippen LogP contribution in [-0.2, 0) is 30.9 Å². The molecule has 1 aromatic heterocycles. The lowest BCUT2D eigenvalue weighted by Gasteiger charge is -2.20. The number of allylic oxidation sites excluding steroid dienone is 1. The number of methoxy groups -OCH3 is 1. The zero-order valence-corrected chi connectivity index (χ0v) is 20.7. The molecule has 0 aliphatic heterocycles. The van der Waals surface area contributed by atoms with Crippen molar-refractivity contribution in [3.63, 3.8) is 0 Å². The Bertz CT molecular complexity index is 969. The number of aromatic nitrogens is 2. The van der Waals surface area contributed by atoms with Gasteiger partial charge in [-0.25, -0.2) is 4.79 Å². The van der Waals surface area contributed by atoms with Crippen molar-refractivity contribution in [3.05, 3.63) is 52.8 Å². The van der Waals surface area contributed by atoms with Crippen LogP contribution in [0.1, 0.15) is 50.2 Å². The summed E-state index contributed by atoms with van der Waals surface area (Å²) in [6.45, 7) is 11.2. The lowest BCUT2D eigenvalue weighted by atomic mass is 9.86. The normalized spacial score (nSPS) is 12.6. The summed E-state index contributed by atoms with van der Waals surface area (Å²) in [6.07, 6.45) is 0.910. The molecule has 0 aliphatic rings. The van der Waals surface area contributed by atoms with Gasteiger partial charge in [0.15, 0.2) is 5.76 Å². The summed E-state index contributed by atoms with van der Waals surface area (Å²) >= 11 is 0. The van der Waals surface area contributed by atoms with Crippen LogP contribution in [0.25, 0.3) is 11.3 Å². The first-order valence-electron chi connectivity index (χ1n) is 10.9. The third-order valence-electron chi connectivity index (χ3n) is 4.89.